The van der Waals surface area contributed by atoms with Gasteiger partial charge in [-0.25, -0.2) is 0 Å². The third-order valence-corrected chi connectivity index (χ3v) is 4.01. The highest BCUT2D eigenvalue weighted by atomic mass is 19.4. The molecule has 1 nitrogen and oxygen atoms in total. The van der Waals surface area contributed by atoms with Gasteiger partial charge in [0.05, 0.1) is 5.56 Å². The van der Waals surface area contributed by atoms with Crippen molar-refractivity contribution in [3.05, 3.63) is 35.5 Å². The van der Waals surface area contributed by atoms with Gasteiger partial charge in [-0.05, 0) is 19.9 Å². The third kappa shape index (κ3) is 2.48. The van der Waals surface area contributed by atoms with Crippen molar-refractivity contribution in [2.24, 2.45) is 0 Å². The van der Waals surface area contributed by atoms with Gasteiger partial charge in [0.2, 0.25) is 0 Å². The number of aryl methyl sites for hydroxylation is 1. The Kier molecular flexibility index (Phi) is 4.33. The summed E-state index contributed by atoms with van der Waals surface area (Å²) in [5, 5.41) is -0.510. The lowest BCUT2D eigenvalue weighted by atomic mass is 9.94. The Morgan fingerprint density at radius 2 is 1.36 bits per heavy atom. The van der Waals surface area contributed by atoms with Crippen molar-refractivity contribution in [3.63, 3.8) is 0 Å². The SMILES string of the molecule is CCn1c(C)c(C(F)(F)C(F)(F)C(F)(F)C(F)(F)F)c2ccccc21. The van der Waals surface area contributed by atoms with Crippen LogP contribution in [-0.2, 0) is 12.5 Å². The molecule has 1 aromatic carbocycles. The average molecular weight is 377 g/mol. The Morgan fingerprint density at radius 1 is 0.840 bits per heavy atom. The van der Waals surface area contributed by atoms with Gasteiger partial charge in [0.15, 0.2) is 0 Å². The summed E-state index contributed by atoms with van der Waals surface area (Å²) in [6.07, 6.45) is -6.84. The first-order chi connectivity index (χ1) is 11.2. The lowest BCUT2D eigenvalue weighted by molar-refractivity contribution is -0.399. The molecule has 0 saturated heterocycles. The van der Waals surface area contributed by atoms with E-state index >= 15 is 0 Å². The molecular formula is C15H12F9N. The molecule has 0 bridgehead atoms. The minimum atomic E-state index is -6.91. The molecule has 0 spiro atoms. The Labute approximate surface area is 136 Å². The van der Waals surface area contributed by atoms with Gasteiger partial charge in [0, 0.05) is 23.1 Å². The van der Waals surface area contributed by atoms with Crippen LogP contribution >= 0.6 is 0 Å². The smallest absolute Gasteiger partial charge is 0.345 e. The maximum Gasteiger partial charge on any atom is 0.460 e. The highest BCUT2D eigenvalue weighted by Crippen LogP contribution is 2.58. The second-order valence-electron chi connectivity index (χ2n) is 5.44. The molecule has 0 fully saturated rings. The number of alkyl halides is 9. The summed E-state index contributed by atoms with van der Waals surface area (Å²) in [6.45, 7) is 2.49. The quantitative estimate of drug-likeness (QED) is 0.585. The highest BCUT2D eigenvalue weighted by Gasteiger charge is 2.82. The number of hydrogen-bond acceptors (Lipinski definition) is 0. The van der Waals surface area contributed by atoms with Crippen LogP contribution in [0.5, 0.6) is 0 Å². The maximum absolute atomic E-state index is 14.4. The molecule has 0 aliphatic rings. The molecule has 0 aliphatic carbocycles. The molecule has 1 heterocycles. The van der Waals surface area contributed by atoms with Crippen LogP contribution in [-0.4, -0.2) is 22.6 Å². The number of benzene rings is 1. The number of fused-ring (bicyclic) bond motifs is 1. The number of hydrogen-bond donors (Lipinski definition) is 0. The molecular weight excluding hydrogens is 365 g/mol. The minimum Gasteiger partial charge on any atom is -0.345 e. The number of rotatable bonds is 4. The standard InChI is InChI=1S/C15H12F9N/c1-3-25-8(2)11(9-6-4-5-7-10(9)25)12(16,17)13(18,19)14(20,21)15(22,23)24/h4-7H,3H2,1-2H3. The van der Waals surface area contributed by atoms with Crippen molar-refractivity contribution in [2.75, 3.05) is 0 Å². The van der Waals surface area contributed by atoms with Gasteiger partial charge in [0.25, 0.3) is 0 Å². The fourth-order valence-electron chi connectivity index (χ4n) is 2.77. The summed E-state index contributed by atoms with van der Waals surface area (Å²) >= 11 is 0. The van der Waals surface area contributed by atoms with Crippen LogP contribution in [0, 0.1) is 6.92 Å². The lowest BCUT2D eigenvalue weighted by Gasteiger charge is -2.34. The van der Waals surface area contributed by atoms with Crippen LogP contribution in [0.15, 0.2) is 24.3 Å². The molecule has 1 aromatic heterocycles. The van der Waals surface area contributed by atoms with E-state index in [1.807, 2.05) is 0 Å². The lowest BCUT2D eigenvalue weighted by Crippen LogP contribution is -2.59. The van der Waals surface area contributed by atoms with E-state index in [9.17, 15) is 39.5 Å². The van der Waals surface area contributed by atoms with Crippen molar-refractivity contribution >= 4 is 10.9 Å². The van der Waals surface area contributed by atoms with E-state index in [0.29, 0.717) is 0 Å². The van der Waals surface area contributed by atoms with E-state index in [-0.39, 0.29) is 12.1 Å². The van der Waals surface area contributed by atoms with Gasteiger partial charge in [-0.15, -0.1) is 0 Å². The summed E-state index contributed by atoms with van der Waals surface area (Å²) in [4.78, 5) is 0. The molecule has 0 radical (unpaired) electrons. The summed E-state index contributed by atoms with van der Waals surface area (Å²) in [5.41, 5.74) is -2.02. The molecule has 25 heavy (non-hydrogen) atoms. The predicted molar refractivity (Wildman–Crippen MR) is 72.2 cm³/mol. The number of para-hydroxylation sites is 1. The number of aromatic nitrogens is 1. The molecule has 0 atom stereocenters. The van der Waals surface area contributed by atoms with Gasteiger partial charge in [-0.2, -0.15) is 39.5 Å². The highest BCUT2D eigenvalue weighted by molar-refractivity contribution is 5.86. The second-order valence-corrected chi connectivity index (χ2v) is 5.44. The minimum absolute atomic E-state index is 0.0308. The molecule has 10 heteroatoms. The van der Waals surface area contributed by atoms with Gasteiger partial charge >= 0.3 is 23.9 Å². The van der Waals surface area contributed by atoms with Gasteiger partial charge in [-0.1, -0.05) is 18.2 Å². The molecule has 0 unspecified atom stereocenters. The van der Waals surface area contributed by atoms with E-state index in [0.717, 1.165) is 17.6 Å². The first-order valence-corrected chi connectivity index (χ1v) is 7.00. The summed E-state index contributed by atoms with van der Waals surface area (Å²) in [7, 11) is 0. The summed E-state index contributed by atoms with van der Waals surface area (Å²) in [6, 6.07) is 4.85. The molecule has 0 saturated carbocycles. The van der Waals surface area contributed by atoms with E-state index < -0.39 is 40.6 Å². The van der Waals surface area contributed by atoms with Gasteiger partial charge in [0.1, 0.15) is 0 Å². The van der Waals surface area contributed by atoms with Crippen LogP contribution in [0.3, 0.4) is 0 Å². The zero-order chi connectivity index (χ0) is 19.4. The molecule has 140 valence electrons. The molecule has 2 aromatic rings. The fraction of sp³-hybridized carbons (Fsp3) is 0.467. The first-order valence-electron chi connectivity index (χ1n) is 7.00. The van der Waals surface area contributed by atoms with Gasteiger partial charge in [-0.3, -0.25) is 0 Å². The zero-order valence-corrected chi connectivity index (χ0v) is 12.9. The molecule has 0 aliphatic heterocycles. The Bertz CT molecular complexity index is 786. The van der Waals surface area contributed by atoms with E-state index in [1.54, 1.807) is 0 Å². The normalized spacial score (nSPS) is 14.4. The van der Waals surface area contributed by atoms with Crippen LogP contribution in [0.1, 0.15) is 18.2 Å². The Hall–Kier alpha value is -1.87. The second kappa shape index (κ2) is 5.57. The largest absolute Gasteiger partial charge is 0.460 e. The number of halogens is 9. The van der Waals surface area contributed by atoms with Crippen molar-refractivity contribution < 1.29 is 39.5 Å². The van der Waals surface area contributed by atoms with Crippen molar-refractivity contribution in [3.8, 4) is 0 Å². The van der Waals surface area contributed by atoms with Crippen molar-refractivity contribution in [1.29, 1.82) is 0 Å². The fourth-order valence-corrected chi connectivity index (χ4v) is 2.77. The summed E-state index contributed by atoms with van der Waals surface area (Å²) in [5.74, 6) is -19.3. The molecule has 0 amide bonds. The van der Waals surface area contributed by atoms with E-state index in [1.165, 1.54) is 25.1 Å². The maximum atomic E-state index is 14.4. The molecule has 2 rings (SSSR count). The Balaban J connectivity index is 2.81. The van der Waals surface area contributed by atoms with Gasteiger partial charge < -0.3 is 4.57 Å². The van der Waals surface area contributed by atoms with Crippen molar-refractivity contribution in [2.45, 2.75) is 44.3 Å². The molecule has 0 N–H and O–H groups in total. The van der Waals surface area contributed by atoms with Crippen LogP contribution in [0.25, 0.3) is 10.9 Å². The summed E-state index contributed by atoms with van der Waals surface area (Å²) < 4.78 is 121. The topological polar surface area (TPSA) is 4.93 Å². The van der Waals surface area contributed by atoms with Crippen LogP contribution < -0.4 is 0 Å². The predicted octanol–water partition coefficient (Wildman–Crippen LogP) is 5.89. The van der Waals surface area contributed by atoms with E-state index in [4.69, 9.17) is 0 Å². The van der Waals surface area contributed by atoms with E-state index in [2.05, 4.69) is 0 Å². The Morgan fingerprint density at radius 3 is 1.84 bits per heavy atom. The monoisotopic (exact) mass is 377 g/mol. The first kappa shape index (κ1) is 19.5. The van der Waals surface area contributed by atoms with Crippen LogP contribution in [0.4, 0.5) is 39.5 Å². The zero-order valence-electron chi connectivity index (χ0n) is 12.9. The number of nitrogens with zero attached hydrogens (tertiary/aromatic N) is 1. The third-order valence-electron chi connectivity index (χ3n) is 4.01. The van der Waals surface area contributed by atoms with Crippen LogP contribution in [0.2, 0.25) is 0 Å². The van der Waals surface area contributed by atoms with Crippen molar-refractivity contribution in [1.82, 2.24) is 4.57 Å². The average Bonchev–Trinajstić information content (AvgIpc) is 2.77.